The highest BCUT2D eigenvalue weighted by Gasteiger charge is 2.30. The fourth-order valence-corrected chi connectivity index (χ4v) is 2.07. The number of hydrogen-bond acceptors (Lipinski definition) is 4. The molecule has 0 spiro atoms. The number of nitrogens with zero attached hydrogens (tertiary/aromatic N) is 2. The lowest BCUT2D eigenvalue weighted by Gasteiger charge is -2.10. The Labute approximate surface area is 159 Å². The zero-order chi connectivity index (χ0) is 17.7. The van der Waals surface area contributed by atoms with Crippen molar-refractivity contribution < 1.29 is 22.4 Å². The maximum absolute atomic E-state index is 12.1. The summed E-state index contributed by atoms with van der Waals surface area (Å²) in [7, 11) is 0. The van der Waals surface area contributed by atoms with Crippen LogP contribution in [0.1, 0.15) is 17.0 Å². The number of aryl methyl sites for hydroxylation is 2. The minimum Gasteiger partial charge on any atom is -0.406 e. The number of ether oxygens (including phenoxy) is 1. The summed E-state index contributed by atoms with van der Waals surface area (Å²) < 4.78 is 45.1. The van der Waals surface area contributed by atoms with Crippen LogP contribution < -0.4 is 15.8 Å². The van der Waals surface area contributed by atoms with E-state index in [1.807, 2.05) is 13.8 Å². The first-order chi connectivity index (χ1) is 11.2. The molecule has 2 aromatic rings. The average Bonchev–Trinajstić information content (AvgIpc) is 2.79. The maximum Gasteiger partial charge on any atom is 0.573 e. The van der Waals surface area contributed by atoms with Gasteiger partial charge in [0, 0.05) is 17.8 Å². The minimum absolute atomic E-state index is 0. The summed E-state index contributed by atoms with van der Waals surface area (Å²) in [5.74, 6) is 0.600. The van der Waals surface area contributed by atoms with Crippen molar-refractivity contribution in [1.29, 1.82) is 0 Å². The molecule has 0 aliphatic heterocycles. The highest BCUT2D eigenvalue weighted by molar-refractivity contribution is 14.0. The first-order valence-corrected chi connectivity index (χ1v) is 7.09. The molecule has 1 aromatic heterocycles. The topological polar surface area (TPSA) is 85.7 Å². The maximum atomic E-state index is 12.1. The number of aromatic nitrogens is 1. The summed E-state index contributed by atoms with van der Waals surface area (Å²) >= 11 is 0. The molecule has 3 N–H and O–H groups in total. The molecule has 0 bridgehead atoms. The summed E-state index contributed by atoms with van der Waals surface area (Å²) in [5.41, 5.74) is 8.05. The molecule has 2 rings (SSSR count). The molecule has 0 atom stereocenters. The van der Waals surface area contributed by atoms with Gasteiger partial charge in [-0.3, -0.25) is 4.99 Å². The smallest absolute Gasteiger partial charge is 0.406 e. The molecule has 1 aromatic carbocycles. The van der Waals surface area contributed by atoms with Crippen LogP contribution in [0, 0.1) is 13.8 Å². The third kappa shape index (κ3) is 6.80. The molecular formula is C15H18F3IN4O2. The van der Waals surface area contributed by atoms with E-state index in [9.17, 15) is 13.2 Å². The van der Waals surface area contributed by atoms with Gasteiger partial charge >= 0.3 is 6.36 Å². The van der Waals surface area contributed by atoms with Gasteiger partial charge in [-0.1, -0.05) is 5.16 Å². The van der Waals surface area contributed by atoms with E-state index in [0.29, 0.717) is 18.7 Å². The zero-order valence-electron chi connectivity index (χ0n) is 13.6. The van der Waals surface area contributed by atoms with Gasteiger partial charge in [-0.05, 0) is 44.5 Å². The average molecular weight is 470 g/mol. The lowest BCUT2D eigenvalue weighted by molar-refractivity contribution is -0.274. The second-order valence-electron chi connectivity index (χ2n) is 5.02. The molecule has 0 aliphatic rings. The lowest BCUT2D eigenvalue weighted by atomic mass is 10.1. The number of nitrogens with one attached hydrogen (secondary N) is 1. The molecular weight excluding hydrogens is 452 g/mol. The van der Waals surface area contributed by atoms with Gasteiger partial charge in [-0.25, -0.2) is 0 Å². The number of hydrogen-bond donors (Lipinski definition) is 2. The van der Waals surface area contributed by atoms with E-state index >= 15 is 0 Å². The fraction of sp³-hybridized carbons (Fsp3) is 0.333. The van der Waals surface area contributed by atoms with Gasteiger partial charge in [0.25, 0.3) is 0 Å². The van der Waals surface area contributed by atoms with Gasteiger partial charge in [0.15, 0.2) is 5.96 Å². The summed E-state index contributed by atoms with van der Waals surface area (Å²) in [6, 6.07) is 5.20. The molecule has 0 saturated carbocycles. The number of rotatable bonds is 5. The van der Waals surface area contributed by atoms with E-state index in [0.717, 1.165) is 17.0 Å². The first-order valence-electron chi connectivity index (χ1n) is 7.09. The predicted molar refractivity (Wildman–Crippen MR) is 98.3 cm³/mol. The summed E-state index contributed by atoms with van der Waals surface area (Å²) in [5, 5.41) is 6.65. The molecule has 0 radical (unpaired) electrons. The molecule has 10 heteroatoms. The third-order valence-electron chi connectivity index (χ3n) is 3.19. The van der Waals surface area contributed by atoms with E-state index in [4.69, 9.17) is 10.3 Å². The number of alkyl halides is 3. The number of aliphatic imine (C=N–C) groups is 1. The summed E-state index contributed by atoms with van der Waals surface area (Å²) in [6.45, 7) is 4.10. The van der Waals surface area contributed by atoms with Crippen molar-refractivity contribution in [2.75, 3.05) is 11.9 Å². The Morgan fingerprint density at radius 3 is 2.44 bits per heavy atom. The zero-order valence-corrected chi connectivity index (χ0v) is 15.9. The van der Waals surface area contributed by atoms with Crippen LogP contribution in [0.25, 0.3) is 0 Å². The Hall–Kier alpha value is -1.98. The Bertz CT molecular complexity index is 695. The van der Waals surface area contributed by atoms with E-state index in [1.54, 1.807) is 0 Å². The number of guanidine groups is 1. The number of benzene rings is 1. The quantitative estimate of drug-likeness (QED) is 0.395. The molecule has 0 aliphatic carbocycles. The number of halogens is 4. The van der Waals surface area contributed by atoms with Crippen molar-refractivity contribution in [2.24, 2.45) is 10.7 Å². The summed E-state index contributed by atoms with van der Waals surface area (Å²) in [4.78, 5) is 4.16. The molecule has 0 fully saturated rings. The van der Waals surface area contributed by atoms with Crippen LogP contribution >= 0.6 is 24.0 Å². The fourth-order valence-electron chi connectivity index (χ4n) is 2.07. The molecule has 0 unspecified atom stereocenters. The van der Waals surface area contributed by atoms with Gasteiger partial charge in [0.05, 0.1) is 5.69 Å². The monoisotopic (exact) mass is 470 g/mol. The Kier molecular flexibility index (Phi) is 7.52. The molecule has 25 heavy (non-hydrogen) atoms. The van der Waals surface area contributed by atoms with Gasteiger partial charge in [-0.15, -0.1) is 37.1 Å². The number of nitrogens with two attached hydrogens (primary N) is 1. The standard InChI is InChI=1S/C15H17F3N4O2.HI/c1-9-13(10(2)24-22-9)7-8-20-14(19)21-11-3-5-12(6-4-11)23-15(16,17)18;/h3-6H,7-8H2,1-2H3,(H3,19,20,21);1H. The molecule has 6 nitrogen and oxygen atoms in total. The van der Waals surface area contributed by atoms with E-state index in [-0.39, 0.29) is 35.7 Å². The van der Waals surface area contributed by atoms with Crippen molar-refractivity contribution >= 4 is 35.6 Å². The van der Waals surface area contributed by atoms with E-state index in [1.165, 1.54) is 24.3 Å². The van der Waals surface area contributed by atoms with Crippen LogP contribution in [0.15, 0.2) is 33.8 Å². The van der Waals surface area contributed by atoms with Gasteiger partial charge in [0.2, 0.25) is 0 Å². The molecule has 0 saturated heterocycles. The van der Waals surface area contributed by atoms with Crippen LogP contribution in [0.5, 0.6) is 5.75 Å². The lowest BCUT2D eigenvalue weighted by Crippen LogP contribution is -2.23. The van der Waals surface area contributed by atoms with Crippen LogP contribution in [-0.2, 0) is 6.42 Å². The van der Waals surface area contributed by atoms with E-state index in [2.05, 4.69) is 20.2 Å². The predicted octanol–water partition coefficient (Wildman–Crippen LogP) is 3.78. The van der Waals surface area contributed by atoms with Crippen molar-refractivity contribution in [3.63, 3.8) is 0 Å². The molecule has 0 amide bonds. The second kappa shape index (κ2) is 8.92. The van der Waals surface area contributed by atoms with Crippen LogP contribution in [-0.4, -0.2) is 24.0 Å². The van der Waals surface area contributed by atoms with Gasteiger partial charge in [0.1, 0.15) is 11.5 Å². The van der Waals surface area contributed by atoms with Crippen molar-refractivity contribution in [2.45, 2.75) is 26.6 Å². The highest BCUT2D eigenvalue weighted by Crippen LogP contribution is 2.23. The Morgan fingerprint density at radius 2 is 1.92 bits per heavy atom. The Morgan fingerprint density at radius 1 is 1.28 bits per heavy atom. The largest absolute Gasteiger partial charge is 0.573 e. The van der Waals surface area contributed by atoms with Crippen LogP contribution in [0.2, 0.25) is 0 Å². The second-order valence-corrected chi connectivity index (χ2v) is 5.02. The Balaban J connectivity index is 0.00000312. The third-order valence-corrected chi connectivity index (χ3v) is 3.19. The molecule has 138 valence electrons. The molecule has 1 heterocycles. The minimum atomic E-state index is -4.71. The van der Waals surface area contributed by atoms with Gasteiger partial charge in [-0.2, -0.15) is 0 Å². The van der Waals surface area contributed by atoms with Gasteiger partial charge < -0.3 is 20.3 Å². The van der Waals surface area contributed by atoms with Crippen molar-refractivity contribution in [3.8, 4) is 5.75 Å². The van der Waals surface area contributed by atoms with Crippen molar-refractivity contribution in [1.82, 2.24) is 5.16 Å². The SMILES string of the molecule is Cc1noc(C)c1CCN=C(N)Nc1ccc(OC(F)(F)F)cc1.I. The first kappa shape index (κ1) is 21.1. The van der Waals surface area contributed by atoms with E-state index < -0.39 is 6.36 Å². The highest BCUT2D eigenvalue weighted by atomic mass is 127. The summed E-state index contributed by atoms with van der Waals surface area (Å²) in [6.07, 6.45) is -4.09. The van der Waals surface area contributed by atoms with Crippen LogP contribution in [0.3, 0.4) is 0 Å². The van der Waals surface area contributed by atoms with Crippen molar-refractivity contribution in [3.05, 3.63) is 41.3 Å². The van der Waals surface area contributed by atoms with Crippen LogP contribution in [0.4, 0.5) is 18.9 Å². The number of anilines is 1. The normalized spacial score (nSPS) is 11.8.